The normalized spacial score (nSPS) is 14.6. The van der Waals surface area contributed by atoms with E-state index in [0.717, 1.165) is 9.87 Å². The van der Waals surface area contributed by atoms with Gasteiger partial charge in [0.05, 0.1) is 5.69 Å². The van der Waals surface area contributed by atoms with E-state index in [4.69, 9.17) is 9.52 Å². The van der Waals surface area contributed by atoms with E-state index in [2.05, 4.69) is 0 Å². The molecule has 20 heavy (non-hydrogen) atoms. The highest BCUT2D eigenvalue weighted by molar-refractivity contribution is 7.92. The van der Waals surface area contributed by atoms with Crippen LogP contribution >= 0.6 is 0 Å². The minimum atomic E-state index is -3.87. The molecule has 0 saturated carbocycles. The van der Waals surface area contributed by atoms with Crippen LogP contribution in [0.15, 0.2) is 39.8 Å². The molecule has 0 fully saturated rings. The Morgan fingerprint density at radius 1 is 1.30 bits per heavy atom. The lowest BCUT2D eigenvalue weighted by Gasteiger charge is -2.17. The van der Waals surface area contributed by atoms with Gasteiger partial charge in [0.2, 0.25) is 5.09 Å². The van der Waals surface area contributed by atoms with Gasteiger partial charge in [-0.1, -0.05) is 6.07 Å². The summed E-state index contributed by atoms with van der Waals surface area (Å²) < 4.78 is 44.5. The van der Waals surface area contributed by atoms with Gasteiger partial charge in [-0.3, -0.25) is 4.31 Å². The Bertz CT molecular complexity index is 753. The lowest BCUT2D eigenvalue weighted by atomic mass is 10.2. The van der Waals surface area contributed by atoms with Crippen molar-refractivity contribution in [2.24, 2.45) is 0 Å². The van der Waals surface area contributed by atoms with Gasteiger partial charge < -0.3 is 9.52 Å². The highest BCUT2D eigenvalue weighted by Gasteiger charge is 2.33. The SMILES string of the molecule is O=S(=O)(c1ccc(CO)o1)N1CCc2ccc(F)cc21. The smallest absolute Gasteiger partial charge is 0.297 e. The molecule has 0 bridgehead atoms. The average Bonchev–Trinajstić information content (AvgIpc) is 3.05. The molecule has 0 saturated heterocycles. The van der Waals surface area contributed by atoms with Crippen LogP contribution in [0.25, 0.3) is 0 Å². The first-order valence-electron chi connectivity index (χ1n) is 6.03. The predicted molar refractivity (Wildman–Crippen MR) is 69.3 cm³/mol. The van der Waals surface area contributed by atoms with Gasteiger partial charge in [-0.25, -0.2) is 4.39 Å². The highest BCUT2D eigenvalue weighted by Crippen LogP contribution is 2.33. The Morgan fingerprint density at radius 2 is 2.10 bits per heavy atom. The van der Waals surface area contributed by atoms with Crippen molar-refractivity contribution in [3.8, 4) is 0 Å². The van der Waals surface area contributed by atoms with Crippen molar-refractivity contribution < 1.29 is 22.3 Å². The minimum Gasteiger partial charge on any atom is -0.445 e. The van der Waals surface area contributed by atoms with E-state index < -0.39 is 15.8 Å². The number of sulfonamides is 1. The molecule has 1 aromatic heterocycles. The number of aliphatic hydroxyl groups is 1. The molecular weight excluding hydrogens is 285 g/mol. The number of halogens is 1. The van der Waals surface area contributed by atoms with Crippen LogP contribution in [0.2, 0.25) is 0 Å². The summed E-state index contributed by atoms with van der Waals surface area (Å²) in [5, 5.41) is 8.67. The summed E-state index contributed by atoms with van der Waals surface area (Å²) in [6, 6.07) is 6.79. The number of anilines is 1. The molecule has 1 aromatic carbocycles. The number of furan rings is 1. The molecule has 0 amide bonds. The molecule has 5 nitrogen and oxygen atoms in total. The van der Waals surface area contributed by atoms with Gasteiger partial charge in [-0.2, -0.15) is 8.42 Å². The Labute approximate surface area is 115 Å². The molecule has 3 rings (SSSR count). The molecule has 0 spiro atoms. The second-order valence-corrected chi connectivity index (χ2v) is 6.27. The van der Waals surface area contributed by atoms with Gasteiger partial charge in [0.15, 0.2) is 0 Å². The quantitative estimate of drug-likeness (QED) is 0.935. The molecule has 1 aliphatic heterocycles. The van der Waals surface area contributed by atoms with Crippen LogP contribution in [0.5, 0.6) is 0 Å². The van der Waals surface area contributed by atoms with E-state index >= 15 is 0 Å². The van der Waals surface area contributed by atoms with Crippen molar-refractivity contribution in [1.82, 2.24) is 0 Å². The fourth-order valence-electron chi connectivity index (χ4n) is 2.26. The number of hydrogen-bond acceptors (Lipinski definition) is 4. The summed E-state index contributed by atoms with van der Waals surface area (Å²) in [4.78, 5) is 0. The molecular formula is C13H12FNO4S. The molecule has 2 aromatic rings. The zero-order chi connectivity index (χ0) is 14.3. The summed E-state index contributed by atoms with van der Waals surface area (Å²) in [5.41, 5.74) is 1.12. The van der Waals surface area contributed by atoms with Crippen LogP contribution in [0.1, 0.15) is 11.3 Å². The number of hydrogen-bond donors (Lipinski definition) is 1. The van der Waals surface area contributed by atoms with E-state index in [1.54, 1.807) is 6.07 Å². The van der Waals surface area contributed by atoms with Crippen molar-refractivity contribution in [3.05, 3.63) is 47.5 Å². The van der Waals surface area contributed by atoms with E-state index in [9.17, 15) is 12.8 Å². The Kier molecular flexibility index (Phi) is 3.02. The fourth-order valence-corrected chi connectivity index (χ4v) is 3.69. The maximum Gasteiger partial charge on any atom is 0.297 e. The van der Waals surface area contributed by atoms with E-state index in [0.29, 0.717) is 12.1 Å². The van der Waals surface area contributed by atoms with Gasteiger partial charge in [-0.05, 0) is 36.2 Å². The first-order valence-corrected chi connectivity index (χ1v) is 7.47. The zero-order valence-electron chi connectivity index (χ0n) is 10.4. The summed E-state index contributed by atoms with van der Waals surface area (Å²) in [5.74, 6) is -0.316. The number of fused-ring (bicyclic) bond motifs is 1. The Balaban J connectivity index is 2.04. The lowest BCUT2D eigenvalue weighted by Crippen LogP contribution is -2.28. The molecule has 0 unspecified atom stereocenters. The van der Waals surface area contributed by atoms with E-state index in [-0.39, 0.29) is 24.0 Å². The molecule has 2 heterocycles. The summed E-state index contributed by atoms with van der Waals surface area (Å²) in [7, 11) is -3.87. The molecule has 1 aliphatic rings. The van der Waals surface area contributed by atoms with E-state index in [1.165, 1.54) is 24.3 Å². The number of benzene rings is 1. The number of aliphatic hydroxyl groups excluding tert-OH is 1. The Morgan fingerprint density at radius 3 is 2.80 bits per heavy atom. The number of rotatable bonds is 3. The fraction of sp³-hybridized carbons (Fsp3) is 0.231. The summed E-state index contributed by atoms with van der Waals surface area (Å²) >= 11 is 0. The van der Waals surface area contributed by atoms with Gasteiger partial charge in [-0.15, -0.1) is 0 Å². The first-order chi connectivity index (χ1) is 9.52. The van der Waals surface area contributed by atoms with Crippen LogP contribution in [0, 0.1) is 5.82 Å². The minimum absolute atomic E-state index is 0.169. The molecule has 0 atom stereocenters. The number of nitrogens with zero attached hydrogens (tertiary/aromatic N) is 1. The molecule has 7 heteroatoms. The molecule has 0 radical (unpaired) electrons. The van der Waals surface area contributed by atoms with Crippen molar-refractivity contribution in [3.63, 3.8) is 0 Å². The second kappa shape index (κ2) is 4.60. The second-order valence-electron chi connectivity index (χ2n) is 4.48. The van der Waals surface area contributed by atoms with Crippen LogP contribution in [-0.2, 0) is 23.1 Å². The topological polar surface area (TPSA) is 70.8 Å². The van der Waals surface area contributed by atoms with Gasteiger partial charge in [0, 0.05) is 6.54 Å². The summed E-state index contributed by atoms with van der Waals surface area (Å²) in [6.45, 7) is -0.128. The largest absolute Gasteiger partial charge is 0.445 e. The van der Waals surface area contributed by atoms with E-state index in [1.807, 2.05) is 0 Å². The van der Waals surface area contributed by atoms with Gasteiger partial charge in [0.25, 0.3) is 10.0 Å². The molecule has 106 valence electrons. The Hall–Kier alpha value is -1.86. The van der Waals surface area contributed by atoms with Crippen molar-refractivity contribution in [2.75, 3.05) is 10.8 Å². The van der Waals surface area contributed by atoms with Crippen molar-refractivity contribution >= 4 is 15.7 Å². The maximum absolute atomic E-state index is 13.3. The van der Waals surface area contributed by atoms with Gasteiger partial charge in [0.1, 0.15) is 18.2 Å². The third-order valence-corrected chi connectivity index (χ3v) is 4.92. The third-order valence-electron chi connectivity index (χ3n) is 3.24. The lowest BCUT2D eigenvalue weighted by molar-refractivity contribution is 0.236. The first kappa shape index (κ1) is 13.1. The molecule has 0 aliphatic carbocycles. The third kappa shape index (κ3) is 1.99. The van der Waals surface area contributed by atoms with Crippen molar-refractivity contribution in [2.45, 2.75) is 18.1 Å². The zero-order valence-corrected chi connectivity index (χ0v) is 11.2. The van der Waals surface area contributed by atoms with Crippen molar-refractivity contribution in [1.29, 1.82) is 0 Å². The average molecular weight is 297 g/mol. The molecule has 1 N–H and O–H groups in total. The highest BCUT2D eigenvalue weighted by atomic mass is 32.2. The summed E-state index contributed by atoms with van der Waals surface area (Å²) in [6.07, 6.45) is 0.530. The van der Waals surface area contributed by atoms with Crippen LogP contribution in [-0.4, -0.2) is 20.1 Å². The van der Waals surface area contributed by atoms with Crippen LogP contribution in [0.3, 0.4) is 0 Å². The van der Waals surface area contributed by atoms with Crippen LogP contribution in [0.4, 0.5) is 10.1 Å². The predicted octanol–water partition coefficient (Wildman–Crippen LogP) is 1.66. The monoisotopic (exact) mass is 297 g/mol. The standard InChI is InChI=1S/C13H12FNO4S/c14-10-2-1-9-5-6-15(12(9)7-10)20(17,18)13-4-3-11(8-16)19-13/h1-4,7,16H,5-6,8H2. The van der Waals surface area contributed by atoms with Gasteiger partial charge >= 0.3 is 0 Å². The maximum atomic E-state index is 13.3. The van der Waals surface area contributed by atoms with Crippen LogP contribution < -0.4 is 4.31 Å².